The van der Waals surface area contributed by atoms with E-state index in [1.54, 1.807) is 0 Å². The first kappa shape index (κ1) is 14.5. The molecular formula is C16H26N2O. The first-order chi connectivity index (χ1) is 9.02. The Bertz CT molecular complexity index is 437. The van der Waals surface area contributed by atoms with Gasteiger partial charge in [0.2, 0.25) is 0 Å². The lowest BCUT2D eigenvalue weighted by atomic mass is 9.95. The Hall–Kier alpha value is -0.900. The molecular weight excluding hydrogens is 236 g/mol. The molecule has 1 atom stereocenters. The van der Waals surface area contributed by atoms with Crippen molar-refractivity contribution in [3.63, 3.8) is 0 Å². The number of aliphatic hydroxyl groups excluding tert-OH is 1. The predicted octanol–water partition coefficient (Wildman–Crippen LogP) is 1.89. The smallest absolute Gasteiger partial charge is 0.0628 e. The van der Waals surface area contributed by atoms with E-state index in [1.165, 1.54) is 22.3 Å². The van der Waals surface area contributed by atoms with Crippen LogP contribution in [0, 0.1) is 20.8 Å². The Labute approximate surface area is 116 Å². The van der Waals surface area contributed by atoms with Gasteiger partial charge in [-0.1, -0.05) is 12.1 Å². The molecule has 1 aliphatic rings. The third kappa shape index (κ3) is 3.16. The van der Waals surface area contributed by atoms with Crippen LogP contribution in [0.1, 0.15) is 28.3 Å². The summed E-state index contributed by atoms with van der Waals surface area (Å²) >= 11 is 0. The number of nitrogens with zero attached hydrogens (tertiary/aromatic N) is 2. The number of piperazine rings is 1. The summed E-state index contributed by atoms with van der Waals surface area (Å²) in [6, 6.07) is 4.64. The second kappa shape index (κ2) is 6.04. The van der Waals surface area contributed by atoms with Gasteiger partial charge in [0.1, 0.15) is 0 Å². The van der Waals surface area contributed by atoms with Crippen LogP contribution in [0.25, 0.3) is 0 Å². The molecule has 1 fully saturated rings. The van der Waals surface area contributed by atoms with Gasteiger partial charge < -0.3 is 10.0 Å². The van der Waals surface area contributed by atoms with E-state index < -0.39 is 0 Å². The molecule has 1 saturated heterocycles. The molecule has 0 radical (unpaired) electrons. The molecule has 0 bridgehead atoms. The molecule has 1 aliphatic heterocycles. The topological polar surface area (TPSA) is 26.7 Å². The van der Waals surface area contributed by atoms with E-state index >= 15 is 0 Å². The summed E-state index contributed by atoms with van der Waals surface area (Å²) in [6.07, 6.45) is 0. The minimum atomic E-state index is 0.146. The molecule has 19 heavy (non-hydrogen) atoms. The average molecular weight is 262 g/mol. The minimum absolute atomic E-state index is 0.146. The summed E-state index contributed by atoms with van der Waals surface area (Å²) in [7, 11) is 2.16. The van der Waals surface area contributed by atoms with Crippen LogP contribution in [0.5, 0.6) is 0 Å². The minimum Gasteiger partial charge on any atom is -0.394 e. The van der Waals surface area contributed by atoms with Crippen LogP contribution in [-0.4, -0.2) is 54.7 Å². The fraction of sp³-hybridized carbons (Fsp3) is 0.625. The lowest BCUT2D eigenvalue weighted by molar-refractivity contribution is 0.0745. The summed E-state index contributed by atoms with van der Waals surface area (Å²) in [4.78, 5) is 4.76. The molecule has 106 valence electrons. The van der Waals surface area contributed by atoms with Crippen LogP contribution in [0.3, 0.4) is 0 Å². The zero-order valence-electron chi connectivity index (χ0n) is 12.6. The summed E-state index contributed by atoms with van der Waals surface area (Å²) < 4.78 is 0. The highest BCUT2D eigenvalue weighted by atomic mass is 16.3. The van der Waals surface area contributed by atoms with E-state index in [0.29, 0.717) is 0 Å². The van der Waals surface area contributed by atoms with E-state index in [1.807, 2.05) is 0 Å². The maximum Gasteiger partial charge on any atom is 0.0628 e. The fourth-order valence-electron chi connectivity index (χ4n) is 2.89. The van der Waals surface area contributed by atoms with Gasteiger partial charge in [-0.05, 0) is 50.1 Å². The molecule has 3 nitrogen and oxygen atoms in total. The van der Waals surface area contributed by atoms with E-state index in [9.17, 15) is 5.11 Å². The highest BCUT2D eigenvalue weighted by Crippen LogP contribution is 2.27. The zero-order chi connectivity index (χ0) is 14.0. The van der Waals surface area contributed by atoms with E-state index in [4.69, 9.17) is 0 Å². The van der Waals surface area contributed by atoms with Crippen molar-refractivity contribution in [1.82, 2.24) is 9.80 Å². The monoisotopic (exact) mass is 262 g/mol. The van der Waals surface area contributed by atoms with Gasteiger partial charge >= 0.3 is 0 Å². The molecule has 3 heteroatoms. The zero-order valence-corrected chi connectivity index (χ0v) is 12.6. The average Bonchev–Trinajstić information content (AvgIpc) is 2.38. The van der Waals surface area contributed by atoms with Crippen LogP contribution >= 0.6 is 0 Å². The molecule has 0 aliphatic carbocycles. The molecule has 1 aromatic rings. The van der Waals surface area contributed by atoms with Crippen molar-refractivity contribution in [3.8, 4) is 0 Å². The molecule has 0 aromatic heterocycles. The second-order valence-corrected chi connectivity index (χ2v) is 5.83. The number of hydrogen-bond acceptors (Lipinski definition) is 3. The van der Waals surface area contributed by atoms with E-state index in [0.717, 1.165) is 26.2 Å². The van der Waals surface area contributed by atoms with E-state index in [2.05, 4.69) is 49.8 Å². The van der Waals surface area contributed by atoms with Crippen molar-refractivity contribution >= 4 is 0 Å². The van der Waals surface area contributed by atoms with Crippen molar-refractivity contribution in [2.75, 3.05) is 39.8 Å². The number of likely N-dealkylation sites (N-methyl/N-ethyl adjacent to an activating group) is 1. The van der Waals surface area contributed by atoms with Crippen LogP contribution < -0.4 is 0 Å². The van der Waals surface area contributed by atoms with Gasteiger partial charge in [-0.25, -0.2) is 0 Å². The van der Waals surface area contributed by atoms with Gasteiger partial charge in [0, 0.05) is 26.2 Å². The summed E-state index contributed by atoms with van der Waals surface area (Å²) in [5.74, 6) is 0. The Balaban J connectivity index is 2.24. The van der Waals surface area contributed by atoms with Crippen LogP contribution in [0.2, 0.25) is 0 Å². The highest BCUT2D eigenvalue weighted by molar-refractivity contribution is 5.38. The predicted molar refractivity (Wildman–Crippen MR) is 79.5 cm³/mol. The van der Waals surface area contributed by atoms with Gasteiger partial charge in [0.05, 0.1) is 12.6 Å². The lowest BCUT2D eigenvalue weighted by Crippen LogP contribution is -2.46. The number of rotatable bonds is 3. The van der Waals surface area contributed by atoms with Gasteiger partial charge in [-0.2, -0.15) is 0 Å². The first-order valence-electron chi connectivity index (χ1n) is 7.14. The lowest BCUT2D eigenvalue weighted by Gasteiger charge is -2.38. The summed E-state index contributed by atoms with van der Waals surface area (Å²) in [6.45, 7) is 10.9. The SMILES string of the molecule is Cc1cc(C)c(C(CO)N2CCN(C)CC2)cc1C. The normalized spacial score (nSPS) is 19.6. The number of aryl methyl sites for hydroxylation is 3. The molecule has 0 amide bonds. The fourth-order valence-corrected chi connectivity index (χ4v) is 2.89. The third-order valence-corrected chi connectivity index (χ3v) is 4.39. The molecule has 0 saturated carbocycles. The van der Waals surface area contributed by atoms with Crippen molar-refractivity contribution in [1.29, 1.82) is 0 Å². The maximum atomic E-state index is 9.83. The number of aliphatic hydroxyl groups is 1. The number of hydrogen-bond donors (Lipinski definition) is 1. The molecule has 1 aromatic carbocycles. The molecule has 1 heterocycles. The van der Waals surface area contributed by atoms with Crippen molar-refractivity contribution in [2.24, 2.45) is 0 Å². The van der Waals surface area contributed by atoms with Crippen LogP contribution in [-0.2, 0) is 0 Å². The third-order valence-electron chi connectivity index (χ3n) is 4.39. The Kier molecular flexibility index (Phi) is 4.61. The van der Waals surface area contributed by atoms with Crippen LogP contribution in [0.4, 0.5) is 0 Å². The molecule has 1 unspecified atom stereocenters. The molecule has 0 spiro atoms. The second-order valence-electron chi connectivity index (χ2n) is 5.83. The number of benzene rings is 1. The Morgan fingerprint density at radius 1 is 1.00 bits per heavy atom. The van der Waals surface area contributed by atoms with Gasteiger partial charge in [0.25, 0.3) is 0 Å². The summed E-state index contributed by atoms with van der Waals surface area (Å²) in [5.41, 5.74) is 5.22. The molecule has 1 N–H and O–H groups in total. The summed E-state index contributed by atoms with van der Waals surface area (Å²) in [5, 5.41) is 9.83. The maximum absolute atomic E-state index is 9.83. The van der Waals surface area contributed by atoms with E-state index in [-0.39, 0.29) is 12.6 Å². The largest absolute Gasteiger partial charge is 0.394 e. The van der Waals surface area contributed by atoms with Crippen molar-refractivity contribution in [3.05, 3.63) is 34.4 Å². The first-order valence-corrected chi connectivity index (χ1v) is 7.14. The van der Waals surface area contributed by atoms with Crippen molar-refractivity contribution in [2.45, 2.75) is 26.8 Å². The van der Waals surface area contributed by atoms with Crippen LogP contribution in [0.15, 0.2) is 12.1 Å². The Morgan fingerprint density at radius 2 is 1.58 bits per heavy atom. The quantitative estimate of drug-likeness (QED) is 0.901. The van der Waals surface area contributed by atoms with Gasteiger partial charge in [-0.3, -0.25) is 4.90 Å². The Morgan fingerprint density at radius 3 is 2.16 bits per heavy atom. The van der Waals surface area contributed by atoms with Gasteiger partial charge in [-0.15, -0.1) is 0 Å². The van der Waals surface area contributed by atoms with Gasteiger partial charge in [0.15, 0.2) is 0 Å². The van der Waals surface area contributed by atoms with Crippen molar-refractivity contribution < 1.29 is 5.11 Å². The highest BCUT2D eigenvalue weighted by Gasteiger charge is 2.24. The molecule has 2 rings (SSSR count). The standard InChI is InChI=1S/C16H26N2O/c1-12-9-14(3)15(10-13(12)2)16(11-19)18-7-5-17(4)6-8-18/h9-10,16,19H,5-8,11H2,1-4H3.